The zero-order chi connectivity index (χ0) is 12.6. The van der Waals surface area contributed by atoms with Gasteiger partial charge in [-0.3, -0.25) is 4.79 Å². The largest absolute Gasteiger partial charge is 0.278 e. The van der Waals surface area contributed by atoms with Gasteiger partial charge in [0.25, 0.3) is 5.91 Å². The van der Waals surface area contributed by atoms with E-state index in [1.165, 1.54) is 4.68 Å². The van der Waals surface area contributed by atoms with Crippen molar-refractivity contribution < 1.29 is 4.79 Å². The molecular formula is C13H13BrN2O. The molecule has 17 heavy (non-hydrogen) atoms. The van der Waals surface area contributed by atoms with Gasteiger partial charge in [-0.15, -0.1) is 0 Å². The first-order chi connectivity index (χ1) is 8.00. The molecular weight excluding hydrogens is 280 g/mol. The van der Waals surface area contributed by atoms with Crippen molar-refractivity contribution in [1.29, 1.82) is 0 Å². The molecule has 0 spiro atoms. The van der Waals surface area contributed by atoms with Crippen LogP contribution in [0.3, 0.4) is 0 Å². The van der Waals surface area contributed by atoms with E-state index >= 15 is 0 Å². The van der Waals surface area contributed by atoms with Crippen molar-refractivity contribution in [2.75, 3.05) is 0 Å². The highest BCUT2D eigenvalue weighted by Crippen LogP contribution is 2.20. The van der Waals surface area contributed by atoms with Crippen molar-refractivity contribution in [3.8, 4) is 0 Å². The maximum Gasteiger partial charge on any atom is 0.278 e. The van der Waals surface area contributed by atoms with Crippen molar-refractivity contribution in [1.82, 2.24) is 9.78 Å². The van der Waals surface area contributed by atoms with Crippen LogP contribution >= 0.6 is 15.9 Å². The minimum Gasteiger partial charge on any atom is -0.267 e. The highest BCUT2D eigenvalue weighted by Gasteiger charge is 2.16. The fraction of sp³-hybridized carbons (Fsp3) is 0.231. The molecule has 0 aliphatic carbocycles. The standard InChI is InChI=1S/C13H13BrN2O/c1-8-4-6-11(7-5-8)13(17)16-10(3)12(14)9(2)15-16/h4-7H,1-3H3. The number of carbonyl (C=O) groups excluding carboxylic acids is 1. The molecule has 0 saturated heterocycles. The van der Waals surface area contributed by atoms with Crippen LogP contribution < -0.4 is 0 Å². The third kappa shape index (κ3) is 2.17. The van der Waals surface area contributed by atoms with Gasteiger partial charge < -0.3 is 0 Å². The lowest BCUT2D eigenvalue weighted by Gasteiger charge is -2.03. The van der Waals surface area contributed by atoms with E-state index in [-0.39, 0.29) is 5.91 Å². The molecule has 4 heteroatoms. The van der Waals surface area contributed by atoms with E-state index < -0.39 is 0 Å². The summed E-state index contributed by atoms with van der Waals surface area (Å²) in [5.74, 6) is -0.101. The van der Waals surface area contributed by atoms with Crippen molar-refractivity contribution in [3.05, 3.63) is 51.3 Å². The van der Waals surface area contributed by atoms with Crippen LogP contribution in [-0.2, 0) is 0 Å². The van der Waals surface area contributed by atoms with Crippen molar-refractivity contribution in [3.63, 3.8) is 0 Å². The van der Waals surface area contributed by atoms with Gasteiger partial charge in [-0.1, -0.05) is 17.7 Å². The molecule has 1 aromatic heterocycles. The summed E-state index contributed by atoms with van der Waals surface area (Å²) in [6.45, 7) is 5.74. The number of carbonyl (C=O) groups is 1. The minimum atomic E-state index is -0.101. The van der Waals surface area contributed by atoms with E-state index in [9.17, 15) is 4.79 Å². The van der Waals surface area contributed by atoms with Crippen LogP contribution in [0, 0.1) is 20.8 Å². The average molecular weight is 293 g/mol. The van der Waals surface area contributed by atoms with E-state index in [0.29, 0.717) is 5.56 Å². The van der Waals surface area contributed by atoms with Crippen LogP contribution in [0.5, 0.6) is 0 Å². The van der Waals surface area contributed by atoms with Crippen LogP contribution in [0.1, 0.15) is 27.3 Å². The third-order valence-electron chi connectivity index (χ3n) is 2.69. The predicted molar refractivity (Wildman–Crippen MR) is 70.3 cm³/mol. The SMILES string of the molecule is Cc1ccc(C(=O)n2nc(C)c(Br)c2C)cc1. The van der Waals surface area contributed by atoms with Crippen LogP contribution in [0.25, 0.3) is 0 Å². The van der Waals surface area contributed by atoms with Gasteiger partial charge in [-0.05, 0) is 48.8 Å². The Kier molecular flexibility index (Phi) is 3.15. The van der Waals surface area contributed by atoms with Crippen molar-refractivity contribution in [2.45, 2.75) is 20.8 Å². The predicted octanol–water partition coefficient (Wildman–Crippen LogP) is 3.26. The Labute approximate surface area is 109 Å². The molecule has 2 aromatic rings. The lowest BCUT2D eigenvalue weighted by molar-refractivity contribution is 0.0942. The molecule has 2 rings (SSSR count). The smallest absolute Gasteiger partial charge is 0.267 e. The zero-order valence-electron chi connectivity index (χ0n) is 9.99. The van der Waals surface area contributed by atoms with E-state index in [0.717, 1.165) is 21.4 Å². The highest BCUT2D eigenvalue weighted by molar-refractivity contribution is 9.10. The van der Waals surface area contributed by atoms with Crippen LogP contribution in [0.15, 0.2) is 28.7 Å². The Morgan fingerprint density at radius 1 is 1.18 bits per heavy atom. The molecule has 0 bridgehead atoms. The second kappa shape index (κ2) is 4.45. The van der Waals surface area contributed by atoms with Gasteiger partial charge in [0.1, 0.15) is 0 Å². The number of nitrogens with zero attached hydrogens (tertiary/aromatic N) is 2. The van der Waals surface area contributed by atoms with E-state index in [1.54, 1.807) is 0 Å². The fourth-order valence-electron chi connectivity index (χ4n) is 1.64. The molecule has 3 nitrogen and oxygen atoms in total. The van der Waals surface area contributed by atoms with Gasteiger partial charge in [0, 0.05) is 5.56 Å². The molecule has 0 atom stereocenters. The minimum absolute atomic E-state index is 0.101. The van der Waals surface area contributed by atoms with Gasteiger partial charge in [-0.2, -0.15) is 9.78 Å². The number of rotatable bonds is 1. The molecule has 1 aromatic carbocycles. The normalized spacial score (nSPS) is 10.6. The molecule has 0 unspecified atom stereocenters. The van der Waals surface area contributed by atoms with Crippen LogP contribution in [-0.4, -0.2) is 15.7 Å². The summed E-state index contributed by atoms with van der Waals surface area (Å²) in [4.78, 5) is 12.2. The zero-order valence-corrected chi connectivity index (χ0v) is 11.6. The van der Waals surface area contributed by atoms with Crippen molar-refractivity contribution in [2.24, 2.45) is 0 Å². The molecule has 0 N–H and O–H groups in total. The maximum absolute atomic E-state index is 12.2. The van der Waals surface area contributed by atoms with Gasteiger partial charge >= 0.3 is 0 Å². The van der Waals surface area contributed by atoms with E-state index in [4.69, 9.17) is 0 Å². The van der Waals surface area contributed by atoms with Crippen LogP contribution in [0.4, 0.5) is 0 Å². The summed E-state index contributed by atoms with van der Waals surface area (Å²) < 4.78 is 2.32. The summed E-state index contributed by atoms with van der Waals surface area (Å²) in [5.41, 5.74) is 3.43. The van der Waals surface area contributed by atoms with Crippen molar-refractivity contribution >= 4 is 21.8 Å². The molecule has 0 aliphatic rings. The molecule has 0 aliphatic heterocycles. The summed E-state index contributed by atoms with van der Waals surface area (Å²) in [6.07, 6.45) is 0. The Morgan fingerprint density at radius 2 is 1.76 bits per heavy atom. The monoisotopic (exact) mass is 292 g/mol. The second-order valence-electron chi connectivity index (χ2n) is 4.07. The maximum atomic E-state index is 12.2. The van der Waals surface area contributed by atoms with Gasteiger partial charge in [-0.25, -0.2) is 0 Å². The lowest BCUT2D eigenvalue weighted by Crippen LogP contribution is -2.15. The average Bonchev–Trinajstić information content (AvgIpc) is 2.57. The summed E-state index contributed by atoms with van der Waals surface area (Å²) in [5, 5.41) is 4.23. The number of hydrogen-bond acceptors (Lipinski definition) is 2. The summed E-state index contributed by atoms with van der Waals surface area (Å²) in [6, 6.07) is 7.49. The number of hydrogen-bond donors (Lipinski definition) is 0. The molecule has 0 radical (unpaired) electrons. The fourth-order valence-corrected chi connectivity index (χ4v) is 1.89. The highest BCUT2D eigenvalue weighted by atomic mass is 79.9. The second-order valence-corrected chi connectivity index (χ2v) is 4.86. The number of aromatic nitrogens is 2. The first kappa shape index (κ1) is 12.0. The summed E-state index contributed by atoms with van der Waals surface area (Å²) in [7, 11) is 0. The molecule has 88 valence electrons. The van der Waals surface area contributed by atoms with E-state index in [1.807, 2.05) is 45.0 Å². The number of halogens is 1. The first-order valence-electron chi connectivity index (χ1n) is 5.34. The lowest BCUT2D eigenvalue weighted by atomic mass is 10.1. The first-order valence-corrected chi connectivity index (χ1v) is 6.13. The van der Waals surface area contributed by atoms with Gasteiger partial charge in [0.05, 0.1) is 15.9 Å². The van der Waals surface area contributed by atoms with Gasteiger partial charge in [0.2, 0.25) is 0 Å². The number of benzene rings is 1. The quantitative estimate of drug-likeness (QED) is 0.809. The Balaban J connectivity index is 2.44. The van der Waals surface area contributed by atoms with E-state index in [2.05, 4.69) is 21.0 Å². The molecule has 1 heterocycles. The Bertz CT molecular complexity index is 570. The Hall–Kier alpha value is -1.42. The van der Waals surface area contributed by atoms with Gasteiger partial charge in [0.15, 0.2) is 0 Å². The van der Waals surface area contributed by atoms with Crippen LogP contribution in [0.2, 0.25) is 0 Å². The topological polar surface area (TPSA) is 34.9 Å². The molecule has 0 fully saturated rings. The Morgan fingerprint density at radius 3 is 2.24 bits per heavy atom. The summed E-state index contributed by atoms with van der Waals surface area (Å²) >= 11 is 3.42. The molecule has 0 saturated carbocycles. The number of aryl methyl sites for hydroxylation is 2. The molecule has 0 amide bonds. The third-order valence-corrected chi connectivity index (χ3v) is 3.84.